The Morgan fingerprint density at radius 3 is 2.58 bits per heavy atom. The van der Waals surface area contributed by atoms with Crippen molar-refractivity contribution >= 4 is 56.4 Å². The van der Waals surface area contributed by atoms with E-state index in [2.05, 4.69) is 21.2 Å². The van der Waals surface area contributed by atoms with Gasteiger partial charge < -0.3 is 11.1 Å². The van der Waals surface area contributed by atoms with Crippen LogP contribution in [0.4, 0.5) is 11.4 Å². The highest BCUT2D eigenvalue weighted by atomic mass is 79.9. The minimum atomic E-state index is -0.326. The summed E-state index contributed by atoms with van der Waals surface area (Å²) in [5, 5.41) is 3.56. The average Bonchev–Trinajstić information content (AvgIpc) is 2.33. The molecule has 19 heavy (non-hydrogen) atoms. The van der Waals surface area contributed by atoms with Gasteiger partial charge in [0.25, 0.3) is 5.91 Å². The Balaban J connectivity index is 2.28. The highest BCUT2D eigenvalue weighted by Crippen LogP contribution is 2.27. The van der Waals surface area contributed by atoms with E-state index in [-0.39, 0.29) is 5.91 Å². The molecule has 0 unspecified atom stereocenters. The standard InChI is InChI=1S/C13H9BrCl2N2O/c14-10-4-1-7(15)5-12(10)18-13(19)9-3-2-8(17)6-11(9)16/h1-6H,17H2,(H,18,19). The van der Waals surface area contributed by atoms with Gasteiger partial charge in [0.1, 0.15) is 0 Å². The fraction of sp³-hybridized carbons (Fsp3) is 0. The minimum Gasteiger partial charge on any atom is -0.399 e. The Hall–Kier alpha value is -1.23. The van der Waals surface area contributed by atoms with Crippen molar-refractivity contribution in [2.24, 2.45) is 0 Å². The third kappa shape index (κ3) is 3.41. The van der Waals surface area contributed by atoms with Crippen molar-refractivity contribution in [3.8, 4) is 0 Å². The molecule has 0 heterocycles. The quantitative estimate of drug-likeness (QED) is 0.770. The summed E-state index contributed by atoms with van der Waals surface area (Å²) >= 11 is 15.2. The van der Waals surface area contributed by atoms with Gasteiger partial charge in [-0.15, -0.1) is 0 Å². The largest absolute Gasteiger partial charge is 0.399 e. The molecule has 0 atom stereocenters. The van der Waals surface area contributed by atoms with Crippen LogP contribution in [0.1, 0.15) is 10.4 Å². The van der Waals surface area contributed by atoms with Gasteiger partial charge in [0, 0.05) is 15.2 Å². The van der Waals surface area contributed by atoms with Crippen molar-refractivity contribution in [3.63, 3.8) is 0 Å². The second-order valence-corrected chi connectivity index (χ2v) is 5.52. The van der Waals surface area contributed by atoms with Gasteiger partial charge in [-0.2, -0.15) is 0 Å². The highest BCUT2D eigenvalue weighted by molar-refractivity contribution is 9.10. The maximum Gasteiger partial charge on any atom is 0.257 e. The number of benzene rings is 2. The van der Waals surface area contributed by atoms with Crippen LogP contribution in [0.2, 0.25) is 10.0 Å². The van der Waals surface area contributed by atoms with Gasteiger partial charge in [-0.3, -0.25) is 4.79 Å². The second kappa shape index (κ2) is 5.82. The first kappa shape index (κ1) is 14.2. The Bertz CT molecular complexity index is 647. The number of anilines is 2. The van der Waals surface area contributed by atoms with Gasteiger partial charge in [0.2, 0.25) is 0 Å². The summed E-state index contributed by atoms with van der Waals surface area (Å²) in [6, 6.07) is 9.84. The molecule has 0 fully saturated rings. The van der Waals surface area contributed by atoms with Crippen LogP contribution in [0.5, 0.6) is 0 Å². The Labute approximate surface area is 128 Å². The van der Waals surface area contributed by atoms with E-state index >= 15 is 0 Å². The Kier molecular flexibility index (Phi) is 4.34. The zero-order valence-electron chi connectivity index (χ0n) is 9.58. The van der Waals surface area contributed by atoms with Crippen molar-refractivity contribution in [3.05, 3.63) is 56.5 Å². The summed E-state index contributed by atoms with van der Waals surface area (Å²) in [6.45, 7) is 0. The normalized spacial score (nSPS) is 10.3. The minimum absolute atomic E-state index is 0.302. The fourth-order valence-corrected chi connectivity index (χ4v) is 2.29. The number of nitrogen functional groups attached to an aromatic ring is 1. The van der Waals surface area contributed by atoms with E-state index in [9.17, 15) is 4.79 Å². The Morgan fingerprint density at radius 2 is 1.89 bits per heavy atom. The molecule has 0 aromatic heterocycles. The molecular formula is C13H9BrCl2N2O. The zero-order chi connectivity index (χ0) is 14.0. The Morgan fingerprint density at radius 1 is 1.16 bits per heavy atom. The van der Waals surface area contributed by atoms with Gasteiger partial charge >= 0.3 is 0 Å². The van der Waals surface area contributed by atoms with E-state index in [0.717, 1.165) is 4.47 Å². The van der Waals surface area contributed by atoms with Gasteiger partial charge in [0.15, 0.2) is 0 Å². The van der Waals surface area contributed by atoms with Crippen LogP contribution in [0.3, 0.4) is 0 Å². The number of halogens is 3. The highest BCUT2D eigenvalue weighted by Gasteiger charge is 2.12. The zero-order valence-corrected chi connectivity index (χ0v) is 12.7. The number of hydrogen-bond donors (Lipinski definition) is 2. The second-order valence-electron chi connectivity index (χ2n) is 3.82. The van der Waals surface area contributed by atoms with E-state index in [1.807, 2.05) is 0 Å². The lowest BCUT2D eigenvalue weighted by Gasteiger charge is -2.09. The molecule has 98 valence electrons. The van der Waals surface area contributed by atoms with E-state index < -0.39 is 0 Å². The summed E-state index contributed by atoms with van der Waals surface area (Å²) in [7, 11) is 0. The van der Waals surface area contributed by atoms with Gasteiger partial charge in [-0.1, -0.05) is 23.2 Å². The first-order valence-corrected chi connectivity index (χ1v) is 6.83. The predicted molar refractivity (Wildman–Crippen MR) is 83.0 cm³/mol. The molecule has 0 aliphatic rings. The summed E-state index contributed by atoms with van der Waals surface area (Å²) in [4.78, 5) is 12.1. The summed E-state index contributed by atoms with van der Waals surface area (Å²) in [5.74, 6) is -0.326. The molecule has 0 saturated carbocycles. The summed E-state index contributed by atoms with van der Waals surface area (Å²) < 4.78 is 0.733. The molecule has 0 spiro atoms. The lowest BCUT2D eigenvalue weighted by molar-refractivity contribution is 0.102. The van der Waals surface area contributed by atoms with Crippen molar-refractivity contribution < 1.29 is 4.79 Å². The van der Waals surface area contributed by atoms with Crippen LogP contribution in [0.25, 0.3) is 0 Å². The topological polar surface area (TPSA) is 55.1 Å². The van der Waals surface area contributed by atoms with Crippen molar-refractivity contribution in [1.82, 2.24) is 0 Å². The SMILES string of the molecule is Nc1ccc(C(=O)Nc2cc(Cl)ccc2Br)c(Cl)c1. The van der Waals surface area contributed by atoms with E-state index in [4.69, 9.17) is 28.9 Å². The van der Waals surface area contributed by atoms with Crippen molar-refractivity contribution in [2.45, 2.75) is 0 Å². The van der Waals surface area contributed by atoms with Gasteiger partial charge in [0.05, 0.1) is 16.3 Å². The smallest absolute Gasteiger partial charge is 0.257 e. The first-order chi connectivity index (χ1) is 8.97. The van der Waals surface area contributed by atoms with Crippen molar-refractivity contribution in [2.75, 3.05) is 11.1 Å². The molecule has 3 nitrogen and oxygen atoms in total. The molecule has 6 heteroatoms. The molecule has 0 saturated heterocycles. The number of nitrogens with one attached hydrogen (secondary N) is 1. The molecule has 2 aromatic rings. The molecule has 0 bridgehead atoms. The average molecular weight is 360 g/mol. The van der Waals surface area contributed by atoms with Crippen molar-refractivity contribution in [1.29, 1.82) is 0 Å². The molecule has 2 aromatic carbocycles. The van der Waals surface area contributed by atoms with Crippen LogP contribution in [0.15, 0.2) is 40.9 Å². The number of carbonyl (C=O) groups is 1. The molecule has 1 amide bonds. The lowest BCUT2D eigenvalue weighted by atomic mass is 10.2. The maximum absolute atomic E-state index is 12.1. The van der Waals surface area contributed by atoms with Crippen LogP contribution in [-0.4, -0.2) is 5.91 Å². The van der Waals surface area contributed by atoms with Crippen LogP contribution in [-0.2, 0) is 0 Å². The maximum atomic E-state index is 12.1. The third-order valence-electron chi connectivity index (χ3n) is 2.41. The third-order valence-corrected chi connectivity index (χ3v) is 3.65. The van der Waals surface area contributed by atoms with Crippen LogP contribution < -0.4 is 11.1 Å². The summed E-state index contributed by atoms with van der Waals surface area (Å²) in [6.07, 6.45) is 0. The van der Waals surface area contributed by atoms with E-state index in [1.54, 1.807) is 30.3 Å². The monoisotopic (exact) mass is 358 g/mol. The molecular weight excluding hydrogens is 351 g/mol. The molecule has 0 radical (unpaired) electrons. The predicted octanol–water partition coefficient (Wildman–Crippen LogP) is 4.59. The first-order valence-electron chi connectivity index (χ1n) is 5.29. The molecule has 0 aliphatic carbocycles. The van der Waals surface area contributed by atoms with Crippen LogP contribution >= 0.6 is 39.1 Å². The van der Waals surface area contributed by atoms with Gasteiger partial charge in [-0.05, 0) is 52.3 Å². The number of hydrogen-bond acceptors (Lipinski definition) is 2. The van der Waals surface area contributed by atoms with E-state index in [1.165, 1.54) is 6.07 Å². The van der Waals surface area contributed by atoms with Crippen LogP contribution in [0, 0.1) is 0 Å². The number of rotatable bonds is 2. The summed E-state index contributed by atoms with van der Waals surface area (Å²) in [5.41, 5.74) is 7.01. The molecule has 0 aliphatic heterocycles. The number of carbonyl (C=O) groups excluding carboxylic acids is 1. The lowest BCUT2D eigenvalue weighted by Crippen LogP contribution is -2.13. The van der Waals surface area contributed by atoms with E-state index in [0.29, 0.717) is 27.0 Å². The molecule has 3 N–H and O–H groups in total. The van der Waals surface area contributed by atoms with Gasteiger partial charge in [-0.25, -0.2) is 0 Å². The number of nitrogens with two attached hydrogens (primary N) is 1. The number of amides is 1. The molecule has 2 rings (SSSR count). The fourth-order valence-electron chi connectivity index (χ4n) is 1.50.